The highest BCUT2D eigenvalue weighted by molar-refractivity contribution is 8.02. The number of fused-ring (bicyclic) bond motifs is 1. The molecule has 0 saturated heterocycles. The van der Waals surface area contributed by atoms with Crippen LogP contribution in [0.4, 0.5) is 4.79 Å². The molecule has 1 aromatic carbocycles. The number of benzene rings is 1. The smallest absolute Gasteiger partial charge is 0.408 e. The van der Waals surface area contributed by atoms with E-state index in [9.17, 15) is 4.79 Å². The van der Waals surface area contributed by atoms with Gasteiger partial charge in [-0.15, -0.1) is 10.2 Å². The van der Waals surface area contributed by atoms with E-state index in [0.29, 0.717) is 5.82 Å². The molecule has 0 aliphatic carbocycles. The summed E-state index contributed by atoms with van der Waals surface area (Å²) in [5.74, 6) is 0.808. The lowest BCUT2D eigenvalue weighted by molar-refractivity contribution is 0.0482. The highest BCUT2D eigenvalue weighted by Gasteiger charge is 2.30. The summed E-state index contributed by atoms with van der Waals surface area (Å²) in [7, 11) is 0. The van der Waals surface area contributed by atoms with Gasteiger partial charge in [0.25, 0.3) is 0 Å². The molecule has 2 atom stereocenters. The van der Waals surface area contributed by atoms with E-state index < -0.39 is 11.7 Å². The number of rotatable bonds is 5. The number of hydrogen-bond acceptors (Lipinski definition) is 6. The van der Waals surface area contributed by atoms with Crippen LogP contribution in [0.1, 0.15) is 58.5 Å². The van der Waals surface area contributed by atoms with Crippen LogP contribution >= 0.6 is 11.8 Å². The average molecular weight is 402 g/mol. The molecular weight excluding hydrogens is 374 g/mol. The van der Waals surface area contributed by atoms with Gasteiger partial charge in [0.05, 0.1) is 11.7 Å². The van der Waals surface area contributed by atoms with E-state index in [4.69, 9.17) is 4.74 Å². The van der Waals surface area contributed by atoms with Crippen molar-refractivity contribution in [2.45, 2.75) is 57.8 Å². The maximum atomic E-state index is 12.4. The van der Waals surface area contributed by atoms with E-state index in [1.807, 2.05) is 61.2 Å². The number of nitrogens with zero attached hydrogens (tertiary/aromatic N) is 3. The summed E-state index contributed by atoms with van der Waals surface area (Å²) in [5.41, 5.74) is 4.85. The molecule has 2 aromatic rings. The fourth-order valence-electron chi connectivity index (χ4n) is 2.80. The molecule has 28 heavy (non-hydrogen) atoms. The first-order chi connectivity index (χ1) is 13.3. The van der Waals surface area contributed by atoms with Gasteiger partial charge in [-0.25, -0.2) is 9.47 Å². The maximum Gasteiger partial charge on any atom is 0.408 e. The lowest BCUT2D eigenvalue weighted by Gasteiger charge is -2.28. The van der Waals surface area contributed by atoms with Gasteiger partial charge in [-0.05, 0) is 32.3 Å². The van der Waals surface area contributed by atoms with Gasteiger partial charge in [0, 0.05) is 5.41 Å². The zero-order valence-corrected chi connectivity index (χ0v) is 17.7. The SMILES string of the molecule is CC[C@H](C)[C@H](NC(=O)OC(C)(C)C)c1nnc2n1NC(c1ccccc1)=CS2. The van der Waals surface area contributed by atoms with Crippen LogP contribution in [0.2, 0.25) is 0 Å². The standard InChI is InChI=1S/C20H27N5O2S/c1-6-13(2)16(21-19(26)27-20(3,4)5)17-22-23-18-25(17)24-15(12-28-18)14-10-8-7-9-11-14/h7-13,16,24H,6H2,1-5H3,(H,21,26)/t13-,16-/m0/s1. The lowest BCUT2D eigenvalue weighted by Crippen LogP contribution is -2.39. The molecule has 7 nitrogen and oxygen atoms in total. The van der Waals surface area contributed by atoms with Crippen molar-refractivity contribution >= 4 is 23.6 Å². The van der Waals surface area contributed by atoms with E-state index in [-0.39, 0.29) is 12.0 Å². The maximum absolute atomic E-state index is 12.4. The molecule has 150 valence electrons. The van der Waals surface area contributed by atoms with Crippen LogP contribution in [-0.4, -0.2) is 26.6 Å². The van der Waals surface area contributed by atoms with E-state index in [1.165, 1.54) is 11.8 Å². The highest BCUT2D eigenvalue weighted by atomic mass is 32.2. The van der Waals surface area contributed by atoms with Crippen LogP contribution in [0.15, 0.2) is 40.9 Å². The molecule has 0 saturated carbocycles. The van der Waals surface area contributed by atoms with Crippen molar-refractivity contribution in [2.75, 3.05) is 5.43 Å². The Morgan fingerprint density at radius 3 is 2.64 bits per heavy atom. The number of thioether (sulfide) groups is 1. The van der Waals surface area contributed by atoms with Crippen molar-refractivity contribution in [1.82, 2.24) is 20.2 Å². The Kier molecular flexibility index (Phi) is 5.98. The van der Waals surface area contributed by atoms with Crippen molar-refractivity contribution in [2.24, 2.45) is 5.92 Å². The van der Waals surface area contributed by atoms with E-state index in [0.717, 1.165) is 22.8 Å². The second kappa shape index (κ2) is 8.26. The van der Waals surface area contributed by atoms with Gasteiger partial charge in [-0.1, -0.05) is 62.4 Å². The first-order valence-corrected chi connectivity index (χ1v) is 10.3. The van der Waals surface area contributed by atoms with E-state index >= 15 is 0 Å². The topological polar surface area (TPSA) is 81.1 Å². The Balaban J connectivity index is 1.86. The zero-order chi connectivity index (χ0) is 20.3. The number of carbonyl (C=O) groups excluding carboxylic acids is 1. The largest absolute Gasteiger partial charge is 0.444 e. The number of nitrogens with one attached hydrogen (secondary N) is 2. The Morgan fingerprint density at radius 1 is 1.29 bits per heavy atom. The summed E-state index contributed by atoms with van der Waals surface area (Å²) >= 11 is 1.50. The number of amides is 1. The predicted octanol–water partition coefficient (Wildman–Crippen LogP) is 4.54. The van der Waals surface area contributed by atoms with Gasteiger partial charge < -0.3 is 10.1 Å². The summed E-state index contributed by atoms with van der Waals surface area (Å²) in [4.78, 5) is 12.4. The molecule has 0 spiro atoms. The highest BCUT2D eigenvalue weighted by Crippen LogP contribution is 2.32. The Labute approximate surface area is 169 Å². The molecule has 2 heterocycles. The number of aromatic nitrogens is 3. The van der Waals surface area contributed by atoms with Crippen LogP contribution in [0.25, 0.3) is 5.70 Å². The van der Waals surface area contributed by atoms with Crippen molar-refractivity contribution < 1.29 is 9.53 Å². The normalized spacial score (nSPS) is 15.7. The third kappa shape index (κ3) is 4.67. The fourth-order valence-corrected chi connectivity index (χ4v) is 3.55. The summed E-state index contributed by atoms with van der Waals surface area (Å²) < 4.78 is 7.30. The van der Waals surface area contributed by atoms with Gasteiger partial charge in [0.15, 0.2) is 5.82 Å². The molecule has 0 bridgehead atoms. The number of alkyl carbamates (subject to hydrolysis) is 1. The summed E-state index contributed by atoms with van der Waals surface area (Å²) in [6, 6.07) is 9.73. The Bertz CT molecular complexity index is 857. The van der Waals surface area contributed by atoms with Crippen molar-refractivity contribution in [3.8, 4) is 0 Å². The second-order valence-electron chi connectivity index (χ2n) is 7.81. The zero-order valence-electron chi connectivity index (χ0n) is 16.9. The van der Waals surface area contributed by atoms with Crippen molar-refractivity contribution in [3.63, 3.8) is 0 Å². The molecule has 1 aromatic heterocycles. The molecule has 0 fully saturated rings. The molecule has 1 aliphatic heterocycles. The van der Waals surface area contributed by atoms with Gasteiger partial charge in [0.1, 0.15) is 5.60 Å². The van der Waals surface area contributed by atoms with E-state index in [2.05, 4.69) is 34.8 Å². The first-order valence-electron chi connectivity index (χ1n) is 9.42. The third-order valence-corrected chi connectivity index (χ3v) is 5.25. The minimum Gasteiger partial charge on any atom is -0.444 e. The Morgan fingerprint density at radius 2 is 2.00 bits per heavy atom. The van der Waals surface area contributed by atoms with Crippen LogP contribution in [0.5, 0.6) is 0 Å². The monoisotopic (exact) mass is 401 g/mol. The fraction of sp³-hybridized carbons (Fsp3) is 0.450. The van der Waals surface area contributed by atoms with Crippen molar-refractivity contribution in [1.29, 1.82) is 0 Å². The molecule has 0 unspecified atom stereocenters. The summed E-state index contributed by atoms with van der Waals surface area (Å²) in [6.07, 6.45) is 0.411. The number of ether oxygens (including phenoxy) is 1. The number of carbonyl (C=O) groups is 1. The molecule has 8 heteroatoms. The average Bonchev–Trinajstić information content (AvgIpc) is 3.07. The number of hydrogen-bond donors (Lipinski definition) is 2. The van der Waals surface area contributed by atoms with Gasteiger partial charge in [-0.3, -0.25) is 5.43 Å². The molecule has 2 N–H and O–H groups in total. The summed E-state index contributed by atoms with van der Waals surface area (Å²) in [6.45, 7) is 9.70. The molecule has 3 rings (SSSR count). The van der Waals surface area contributed by atoms with E-state index in [1.54, 1.807) is 0 Å². The van der Waals surface area contributed by atoms with Gasteiger partial charge in [0.2, 0.25) is 5.16 Å². The minimum absolute atomic E-state index is 0.152. The first kappa shape index (κ1) is 20.3. The van der Waals surface area contributed by atoms with Crippen LogP contribution < -0.4 is 10.7 Å². The van der Waals surface area contributed by atoms with Crippen LogP contribution in [0, 0.1) is 5.92 Å². The van der Waals surface area contributed by atoms with Crippen LogP contribution in [-0.2, 0) is 4.74 Å². The van der Waals surface area contributed by atoms with Gasteiger partial charge in [-0.2, -0.15) is 0 Å². The minimum atomic E-state index is -0.564. The third-order valence-electron chi connectivity index (χ3n) is 4.42. The predicted molar refractivity (Wildman–Crippen MR) is 111 cm³/mol. The van der Waals surface area contributed by atoms with Crippen LogP contribution in [0.3, 0.4) is 0 Å². The van der Waals surface area contributed by atoms with Gasteiger partial charge >= 0.3 is 6.09 Å². The lowest BCUT2D eigenvalue weighted by atomic mass is 9.98. The molecular formula is C20H27N5O2S. The second-order valence-corrected chi connectivity index (χ2v) is 8.65. The van der Waals surface area contributed by atoms with Crippen molar-refractivity contribution in [3.05, 3.63) is 47.1 Å². The molecule has 1 amide bonds. The molecule has 0 radical (unpaired) electrons. The molecule has 1 aliphatic rings. The quantitative estimate of drug-likeness (QED) is 0.766. The summed E-state index contributed by atoms with van der Waals surface area (Å²) in [5, 5.41) is 14.4. The Hall–Kier alpha value is -2.48.